The molecule has 2 bridgehead atoms. The van der Waals surface area contributed by atoms with Crippen LogP contribution in [0.5, 0.6) is 0 Å². The molecule has 4 aromatic carbocycles. The summed E-state index contributed by atoms with van der Waals surface area (Å²) in [6.45, 7) is 0. The molecule has 7 rings (SSSR count). The van der Waals surface area contributed by atoms with Gasteiger partial charge in [0.1, 0.15) is 5.60 Å². The van der Waals surface area contributed by atoms with E-state index >= 15 is 0 Å². The molecule has 32 heavy (non-hydrogen) atoms. The Balaban J connectivity index is 1.55. The topological polar surface area (TPSA) is 29.5 Å². The molecule has 6 atom stereocenters. The molecule has 0 saturated carbocycles. The summed E-state index contributed by atoms with van der Waals surface area (Å²) in [5.74, 6) is 0.257. The van der Waals surface area contributed by atoms with Crippen LogP contribution < -0.4 is 0 Å². The monoisotopic (exact) mass is 416 g/mol. The van der Waals surface area contributed by atoms with Crippen molar-refractivity contribution in [2.75, 3.05) is 0 Å². The van der Waals surface area contributed by atoms with E-state index in [4.69, 9.17) is 4.74 Å². The second-order valence-electron chi connectivity index (χ2n) is 9.32. The van der Waals surface area contributed by atoms with Crippen LogP contribution in [0, 0.1) is 11.8 Å². The highest BCUT2D eigenvalue weighted by Gasteiger charge is 2.65. The van der Waals surface area contributed by atoms with Crippen LogP contribution in [0.3, 0.4) is 0 Å². The van der Waals surface area contributed by atoms with Crippen LogP contribution in [0.25, 0.3) is 0 Å². The van der Waals surface area contributed by atoms with Crippen LogP contribution in [0.4, 0.5) is 0 Å². The van der Waals surface area contributed by atoms with Gasteiger partial charge in [-0.1, -0.05) is 109 Å². The zero-order valence-corrected chi connectivity index (χ0v) is 17.6. The van der Waals surface area contributed by atoms with Gasteiger partial charge in [-0.05, 0) is 33.4 Å². The number of ether oxygens (including phenoxy) is 1. The van der Waals surface area contributed by atoms with E-state index in [1.54, 1.807) is 0 Å². The summed E-state index contributed by atoms with van der Waals surface area (Å²) in [7, 11) is 0. The molecule has 156 valence electrons. The van der Waals surface area contributed by atoms with Gasteiger partial charge >= 0.3 is 0 Å². The first kappa shape index (κ1) is 18.4. The van der Waals surface area contributed by atoms with Crippen molar-refractivity contribution in [3.05, 3.63) is 143 Å². The minimum absolute atomic E-state index is 0.0185. The van der Waals surface area contributed by atoms with Gasteiger partial charge in [-0.15, -0.1) is 0 Å². The molecule has 1 fully saturated rings. The van der Waals surface area contributed by atoms with Crippen LogP contribution in [0.1, 0.15) is 51.5 Å². The van der Waals surface area contributed by atoms with Crippen molar-refractivity contribution >= 4 is 0 Å². The second-order valence-corrected chi connectivity index (χ2v) is 9.32. The maximum atomic E-state index is 12.7. The van der Waals surface area contributed by atoms with Crippen molar-refractivity contribution in [1.29, 1.82) is 0 Å². The van der Waals surface area contributed by atoms with E-state index in [0.717, 1.165) is 11.1 Å². The summed E-state index contributed by atoms with van der Waals surface area (Å²) in [6.07, 6.45) is -0.138. The van der Waals surface area contributed by atoms with Crippen LogP contribution in [0.2, 0.25) is 0 Å². The Kier molecular flexibility index (Phi) is 3.82. The molecule has 0 amide bonds. The van der Waals surface area contributed by atoms with Gasteiger partial charge in [-0.3, -0.25) is 0 Å². The maximum Gasteiger partial charge on any atom is 0.121 e. The van der Waals surface area contributed by atoms with Gasteiger partial charge in [0.15, 0.2) is 0 Å². The highest BCUT2D eigenvalue weighted by atomic mass is 16.5. The fourth-order valence-corrected chi connectivity index (χ4v) is 6.78. The van der Waals surface area contributed by atoms with Crippen LogP contribution in [0.15, 0.2) is 109 Å². The van der Waals surface area contributed by atoms with Crippen molar-refractivity contribution in [2.45, 2.75) is 23.7 Å². The number of rotatable bonds is 2. The molecule has 1 N–H and O–H groups in total. The first-order chi connectivity index (χ1) is 15.8. The van der Waals surface area contributed by atoms with Crippen molar-refractivity contribution in [3.63, 3.8) is 0 Å². The van der Waals surface area contributed by atoms with E-state index in [9.17, 15) is 5.11 Å². The van der Waals surface area contributed by atoms with E-state index < -0.39 is 5.60 Å². The van der Waals surface area contributed by atoms with E-state index in [-0.39, 0.29) is 30.0 Å². The van der Waals surface area contributed by atoms with Crippen LogP contribution in [-0.2, 0) is 10.3 Å². The number of hydrogen-bond donors (Lipinski definition) is 1. The lowest BCUT2D eigenvalue weighted by Gasteiger charge is -2.50. The smallest absolute Gasteiger partial charge is 0.121 e. The molecule has 1 aliphatic carbocycles. The van der Waals surface area contributed by atoms with Gasteiger partial charge in [0.2, 0.25) is 0 Å². The molecule has 2 heteroatoms. The molecule has 6 unspecified atom stereocenters. The molecule has 0 aromatic heterocycles. The third-order valence-corrected chi connectivity index (χ3v) is 7.94. The van der Waals surface area contributed by atoms with E-state index in [1.807, 2.05) is 18.2 Å². The minimum Gasteiger partial charge on any atom is -0.380 e. The molecule has 0 radical (unpaired) electrons. The maximum absolute atomic E-state index is 12.7. The van der Waals surface area contributed by atoms with E-state index in [2.05, 4.69) is 91.0 Å². The lowest BCUT2D eigenvalue weighted by atomic mass is 9.53. The van der Waals surface area contributed by atoms with Gasteiger partial charge in [-0.2, -0.15) is 0 Å². The molecule has 2 nitrogen and oxygen atoms in total. The average Bonchev–Trinajstić information content (AvgIpc) is 3.44. The van der Waals surface area contributed by atoms with E-state index in [1.165, 1.54) is 22.3 Å². The largest absolute Gasteiger partial charge is 0.380 e. The summed E-state index contributed by atoms with van der Waals surface area (Å²) in [6, 6.07) is 38.0. The zero-order valence-electron chi connectivity index (χ0n) is 17.6. The Morgan fingerprint density at radius 1 is 0.594 bits per heavy atom. The molecular weight excluding hydrogens is 392 g/mol. The third-order valence-electron chi connectivity index (χ3n) is 7.94. The summed E-state index contributed by atoms with van der Waals surface area (Å²) < 4.78 is 6.73. The number of aliphatic hydroxyl groups is 1. The Morgan fingerprint density at radius 2 is 1.16 bits per heavy atom. The Hall–Kier alpha value is -3.20. The van der Waals surface area contributed by atoms with Crippen LogP contribution >= 0.6 is 0 Å². The van der Waals surface area contributed by atoms with Crippen molar-refractivity contribution in [2.24, 2.45) is 11.8 Å². The number of fused-ring (bicyclic) bond motifs is 9. The Bertz CT molecular complexity index is 1300. The Morgan fingerprint density at radius 3 is 1.88 bits per heavy atom. The molecule has 1 saturated heterocycles. The van der Waals surface area contributed by atoms with Gasteiger partial charge < -0.3 is 9.84 Å². The first-order valence-electron chi connectivity index (χ1n) is 11.4. The number of hydrogen-bond acceptors (Lipinski definition) is 2. The summed E-state index contributed by atoms with van der Waals surface area (Å²) >= 11 is 0. The summed E-state index contributed by atoms with van der Waals surface area (Å²) in [4.78, 5) is 0. The molecule has 2 aliphatic heterocycles. The highest BCUT2D eigenvalue weighted by molar-refractivity contribution is 5.54. The second kappa shape index (κ2) is 6.65. The quantitative estimate of drug-likeness (QED) is 0.426. The Labute approximate surface area is 188 Å². The summed E-state index contributed by atoms with van der Waals surface area (Å²) in [5.41, 5.74) is 5.87. The predicted octanol–water partition coefficient (Wildman–Crippen LogP) is 6.13. The van der Waals surface area contributed by atoms with Gasteiger partial charge in [0.05, 0.1) is 12.2 Å². The fraction of sp³-hybridized carbons (Fsp3) is 0.200. The first-order valence-corrected chi connectivity index (χ1v) is 11.4. The SMILES string of the molecule is OC1(c2ccccc2)c2ccccc2C(c2ccccc2)C2C3OC(c4ccccc43)C21. The average molecular weight is 417 g/mol. The molecular formula is C30H24O2. The molecule has 2 heterocycles. The van der Waals surface area contributed by atoms with Crippen molar-refractivity contribution in [1.82, 2.24) is 0 Å². The van der Waals surface area contributed by atoms with E-state index in [0.29, 0.717) is 0 Å². The number of benzene rings is 4. The standard InChI is InChI=1S/C30H24O2/c31-30(20-13-5-2-6-14-20)24-18-10-9-17-23(24)25(19-11-3-1-4-12-19)26-27(30)29-22-16-8-7-15-21(22)28(26)32-29/h1-18,25-29,31H. The molecule has 3 aliphatic rings. The van der Waals surface area contributed by atoms with Gasteiger partial charge in [0.25, 0.3) is 0 Å². The third kappa shape index (κ3) is 2.26. The van der Waals surface area contributed by atoms with Crippen LogP contribution in [-0.4, -0.2) is 5.11 Å². The molecule has 4 aromatic rings. The molecule has 0 spiro atoms. The van der Waals surface area contributed by atoms with Gasteiger partial charge in [-0.25, -0.2) is 0 Å². The van der Waals surface area contributed by atoms with Crippen molar-refractivity contribution < 1.29 is 9.84 Å². The minimum atomic E-state index is -1.11. The lowest BCUT2D eigenvalue weighted by molar-refractivity contribution is -0.0418. The summed E-state index contributed by atoms with van der Waals surface area (Å²) in [5, 5.41) is 12.7. The highest BCUT2D eigenvalue weighted by Crippen LogP contribution is 2.69. The van der Waals surface area contributed by atoms with Crippen molar-refractivity contribution in [3.8, 4) is 0 Å². The normalized spacial score (nSPS) is 31.6. The fourth-order valence-electron chi connectivity index (χ4n) is 6.78. The zero-order chi connectivity index (χ0) is 21.3. The van der Waals surface area contributed by atoms with Gasteiger partial charge in [0, 0.05) is 17.8 Å². The predicted molar refractivity (Wildman–Crippen MR) is 124 cm³/mol. The lowest BCUT2D eigenvalue weighted by Crippen LogP contribution is -2.49.